The van der Waals surface area contributed by atoms with E-state index in [9.17, 15) is 21.9 Å². The molecule has 0 saturated heterocycles. The number of phenols is 1. The van der Waals surface area contributed by atoms with Crippen LogP contribution in [-0.4, -0.2) is 38.2 Å². The van der Waals surface area contributed by atoms with E-state index in [-0.39, 0.29) is 22.4 Å². The molecular weight excluding hydrogens is 360 g/mol. The molecule has 0 amide bonds. The van der Waals surface area contributed by atoms with Gasteiger partial charge in [0.1, 0.15) is 17.3 Å². The van der Waals surface area contributed by atoms with Crippen molar-refractivity contribution in [3.63, 3.8) is 0 Å². The Hall–Kier alpha value is -2.14. The SMILES string of the molecule is COc1ccc(-c2cc(S(=O)(=O)O)ccc2O)c(CS(=O)(=O)O)c1. The molecule has 130 valence electrons. The topological polar surface area (TPSA) is 138 Å². The van der Waals surface area contributed by atoms with Crippen molar-refractivity contribution in [2.45, 2.75) is 10.6 Å². The van der Waals surface area contributed by atoms with E-state index in [1.807, 2.05) is 0 Å². The lowest BCUT2D eigenvalue weighted by Gasteiger charge is -2.13. The summed E-state index contributed by atoms with van der Waals surface area (Å²) in [5.74, 6) is -0.790. The van der Waals surface area contributed by atoms with E-state index in [1.165, 1.54) is 25.3 Å². The van der Waals surface area contributed by atoms with E-state index < -0.39 is 30.9 Å². The minimum absolute atomic E-state index is 0.0218. The molecular formula is C14H14O8S2. The van der Waals surface area contributed by atoms with Crippen molar-refractivity contribution >= 4 is 20.2 Å². The minimum Gasteiger partial charge on any atom is -0.507 e. The summed E-state index contributed by atoms with van der Waals surface area (Å²) in [5, 5.41) is 9.98. The van der Waals surface area contributed by atoms with Crippen LogP contribution in [0.25, 0.3) is 11.1 Å². The lowest BCUT2D eigenvalue weighted by Crippen LogP contribution is -2.04. The van der Waals surface area contributed by atoms with Gasteiger partial charge in [0.2, 0.25) is 0 Å². The van der Waals surface area contributed by atoms with Crippen LogP contribution < -0.4 is 4.74 Å². The highest BCUT2D eigenvalue weighted by atomic mass is 32.2. The van der Waals surface area contributed by atoms with Gasteiger partial charge in [0.05, 0.1) is 12.0 Å². The van der Waals surface area contributed by atoms with E-state index in [0.29, 0.717) is 5.75 Å². The van der Waals surface area contributed by atoms with Crippen molar-refractivity contribution in [2.75, 3.05) is 7.11 Å². The van der Waals surface area contributed by atoms with Crippen LogP contribution in [0.2, 0.25) is 0 Å². The fourth-order valence-electron chi connectivity index (χ4n) is 2.17. The van der Waals surface area contributed by atoms with Crippen LogP contribution in [0.1, 0.15) is 5.56 Å². The van der Waals surface area contributed by atoms with E-state index in [1.54, 1.807) is 0 Å². The van der Waals surface area contributed by atoms with E-state index in [0.717, 1.165) is 18.2 Å². The smallest absolute Gasteiger partial charge is 0.294 e. The molecule has 0 aliphatic heterocycles. The molecule has 0 aliphatic carbocycles. The van der Waals surface area contributed by atoms with Crippen molar-refractivity contribution in [2.24, 2.45) is 0 Å². The van der Waals surface area contributed by atoms with Crippen molar-refractivity contribution in [1.29, 1.82) is 0 Å². The van der Waals surface area contributed by atoms with Gasteiger partial charge in [-0.05, 0) is 41.5 Å². The Balaban J connectivity index is 2.72. The number of hydrogen-bond donors (Lipinski definition) is 3. The number of ether oxygens (including phenoxy) is 1. The third kappa shape index (κ3) is 4.23. The first-order valence-corrected chi connectivity index (χ1v) is 9.49. The summed E-state index contributed by atoms with van der Waals surface area (Å²) in [6, 6.07) is 7.27. The van der Waals surface area contributed by atoms with Crippen LogP contribution in [0, 0.1) is 0 Å². The molecule has 2 aromatic carbocycles. The van der Waals surface area contributed by atoms with Gasteiger partial charge in [-0.3, -0.25) is 9.11 Å². The van der Waals surface area contributed by atoms with Crippen LogP contribution in [0.15, 0.2) is 41.3 Å². The Labute approximate surface area is 138 Å². The minimum atomic E-state index is -4.51. The van der Waals surface area contributed by atoms with Gasteiger partial charge in [-0.25, -0.2) is 0 Å². The fraction of sp³-hybridized carbons (Fsp3) is 0.143. The van der Waals surface area contributed by atoms with Gasteiger partial charge in [0.25, 0.3) is 20.2 Å². The molecule has 3 N–H and O–H groups in total. The van der Waals surface area contributed by atoms with Crippen molar-refractivity contribution in [3.8, 4) is 22.6 Å². The third-order valence-corrected chi connectivity index (χ3v) is 4.73. The number of benzene rings is 2. The summed E-state index contributed by atoms with van der Waals surface area (Å²) in [6.45, 7) is 0. The molecule has 2 rings (SSSR count). The summed E-state index contributed by atoms with van der Waals surface area (Å²) < 4.78 is 68.2. The number of aromatic hydroxyl groups is 1. The van der Waals surface area contributed by atoms with Gasteiger partial charge in [0, 0.05) is 5.56 Å². The third-order valence-electron chi connectivity index (χ3n) is 3.21. The second-order valence-electron chi connectivity index (χ2n) is 4.90. The molecule has 10 heteroatoms. The zero-order valence-corrected chi connectivity index (χ0v) is 14.0. The van der Waals surface area contributed by atoms with Gasteiger partial charge < -0.3 is 9.84 Å². The molecule has 0 radical (unpaired) electrons. The first-order chi connectivity index (χ1) is 11.0. The first kappa shape index (κ1) is 18.2. The fourth-order valence-corrected chi connectivity index (χ4v) is 3.31. The average Bonchev–Trinajstić information content (AvgIpc) is 2.45. The van der Waals surface area contributed by atoms with Crippen molar-refractivity contribution in [1.82, 2.24) is 0 Å². The maximum atomic E-state index is 11.3. The Morgan fingerprint density at radius 1 is 0.958 bits per heavy atom. The number of methoxy groups -OCH3 is 1. The average molecular weight is 374 g/mol. The van der Waals surface area contributed by atoms with Gasteiger partial charge in [-0.15, -0.1) is 0 Å². The molecule has 0 heterocycles. The Bertz CT molecular complexity index is 978. The highest BCUT2D eigenvalue weighted by Gasteiger charge is 2.18. The van der Waals surface area contributed by atoms with Crippen LogP contribution >= 0.6 is 0 Å². The normalized spacial score (nSPS) is 12.1. The number of rotatable bonds is 5. The molecule has 2 aromatic rings. The molecule has 0 atom stereocenters. The lowest BCUT2D eigenvalue weighted by atomic mass is 9.99. The van der Waals surface area contributed by atoms with E-state index >= 15 is 0 Å². The molecule has 24 heavy (non-hydrogen) atoms. The Morgan fingerprint density at radius 3 is 2.17 bits per heavy atom. The van der Waals surface area contributed by atoms with Crippen LogP contribution in [-0.2, 0) is 26.0 Å². The molecule has 0 fully saturated rings. The molecule has 0 aliphatic rings. The maximum Gasteiger partial charge on any atom is 0.294 e. The molecule has 0 spiro atoms. The second kappa shape index (κ2) is 6.40. The molecule has 8 nitrogen and oxygen atoms in total. The Morgan fingerprint density at radius 2 is 1.62 bits per heavy atom. The second-order valence-corrected chi connectivity index (χ2v) is 7.78. The molecule has 0 unspecified atom stereocenters. The quantitative estimate of drug-likeness (QED) is 0.672. The predicted octanol–water partition coefficient (Wildman–Crippen LogP) is 1.70. The summed E-state index contributed by atoms with van der Waals surface area (Å²) in [7, 11) is -7.54. The monoisotopic (exact) mass is 374 g/mol. The number of hydrogen-bond acceptors (Lipinski definition) is 6. The molecule has 0 saturated carbocycles. The molecule has 0 aromatic heterocycles. The van der Waals surface area contributed by atoms with Gasteiger partial charge in [-0.2, -0.15) is 16.8 Å². The summed E-state index contributed by atoms with van der Waals surface area (Å²) in [5.41, 5.74) is 0.225. The number of phenolic OH excluding ortho intramolecular Hbond substituents is 1. The van der Waals surface area contributed by atoms with Gasteiger partial charge in [-0.1, -0.05) is 6.07 Å². The summed E-state index contributed by atoms with van der Waals surface area (Å²) in [6.07, 6.45) is 0. The van der Waals surface area contributed by atoms with Crippen LogP contribution in [0.3, 0.4) is 0 Å². The van der Waals surface area contributed by atoms with E-state index in [2.05, 4.69) is 0 Å². The maximum absolute atomic E-state index is 11.3. The Kier molecular flexibility index (Phi) is 4.85. The zero-order chi connectivity index (χ0) is 18.1. The summed E-state index contributed by atoms with van der Waals surface area (Å²) >= 11 is 0. The standard InChI is InChI=1S/C14H14O8S2/c1-22-10-2-4-12(9(6-10)8-23(16,17)18)13-7-11(24(19,20)21)3-5-14(13)15/h2-7,15H,8H2,1H3,(H,16,17,18)(H,19,20,21). The lowest BCUT2D eigenvalue weighted by molar-refractivity contribution is 0.414. The molecule has 0 bridgehead atoms. The van der Waals surface area contributed by atoms with E-state index in [4.69, 9.17) is 13.8 Å². The van der Waals surface area contributed by atoms with Crippen molar-refractivity contribution in [3.05, 3.63) is 42.0 Å². The zero-order valence-electron chi connectivity index (χ0n) is 12.4. The predicted molar refractivity (Wildman–Crippen MR) is 85.2 cm³/mol. The highest BCUT2D eigenvalue weighted by molar-refractivity contribution is 7.85. The van der Waals surface area contributed by atoms with Crippen LogP contribution in [0.5, 0.6) is 11.5 Å². The van der Waals surface area contributed by atoms with Gasteiger partial charge in [0.15, 0.2) is 0 Å². The highest BCUT2D eigenvalue weighted by Crippen LogP contribution is 2.35. The summed E-state index contributed by atoms with van der Waals surface area (Å²) in [4.78, 5) is -0.469. The van der Waals surface area contributed by atoms with Gasteiger partial charge >= 0.3 is 0 Å². The van der Waals surface area contributed by atoms with Crippen LogP contribution in [0.4, 0.5) is 0 Å². The van der Waals surface area contributed by atoms with Crippen molar-refractivity contribution < 1.29 is 35.8 Å². The first-order valence-electron chi connectivity index (χ1n) is 6.44. The largest absolute Gasteiger partial charge is 0.507 e.